The third-order valence-electron chi connectivity index (χ3n) is 3.45. The van der Waals surface area contributed by atoms with Gasteiger partial charge in [0.05, 0.1) is 11.5 Å². The Morgan fingerprint density at radius 1 is 1.38 bits per heavy atom. The minimum absolute atomic E-state index is 0.0966. The van der Waals surface area contributed by atoms with Crippen LogP contribution in [0.15, 0.2) is 0 Å². The second-order valence-electron chi connectivity index (χ2n) is 4.95. The third-order valence-corrected chi connectivity index (χ3v) is 3.45. The monoisotopic (exact) mass is 225 g/mol. The summed E-state index contributed by atoms with van der Waals surface area (Å²) in [5.41, 5.74) is -0.0966. The van der Waals surface area contributed by atoms with Crippen molar-refractivity contribution >= 4 is 0 Å². The summed E-state index contributed by atoms with van der Waals surface area (Å²) in [6.07, 6.45) is 5.11. The Hall–Kier alpha value is -0.590. The molecule has 3 nitrogen and oxygen atoms in total. The predicted molar refractivity (Wildman–Crippen MR) is 63.0 cm³/mol. The average molecular weight is 225 g/mol. The molecule has 1 aliphatic carbocycles. The quantitative estimate of drug-likeness (QED) is 0.626. The van der Waals surface area contributed by atoms with Gasteiger partial charge in [-0.05, 0) is 38.0 Å². The molecule has 1 aliphatic rings. The number of ether oxygens (including phenoxy) is 2. The van der Waals surface area contributed by atoms with Crippen LogP contribution in [0.1, 0.15) is 39.0 Å². The van der Waals surface area contributed by atoms with Gasteiger partial charge in [-0.25, -0.2) is 0 Å². The van der Waals surface area contributed by atoms with Crippen LogP contribution in [-0.4, -0.2) is 26.9 Å². The molecule has 0 aliphatic heterocycles. The highest BCUT2D eigenvalue weighted by atomic mass is 16.5. The van der Waals surface area contributed by atoms with E-state index in [0.717, 1.165) is 38.9 Å². The zero-order chi connectivity index (χ0) is 11.9. The summed E-state index contributed by atoms with van der Waals surface area (Å²) >= 11 is 0. The second kappa shape index (κ2) is 6.88. The Labute approximate surface area is 98.7 Å². The summed E-state index contributed by atoms with van der Waals surface area (Å²) in [5, 5.41) is 9.25. The molecule has 0 N–H and O–H groups in total. The van der Waals surface area contributed by atoms with E-state index in [1.54, 1.807) is 7.11 Å². The van der Waals surface area contributed by atoms with Gasteiger partial charge in [-0.1, -0.05) is 6.92 Å². The van der Waals surface area contributed by atoms with Gasteiger partial charge in [0, 0.05) is 26.9 Å². The van der Waals surface area contributed by atoms with E-state index in [9.17, 15) is 5.26 Å². The lowest BCUT2D eigenvalue weighted by Gasteiger charge is -2.20. The summed E-state index contributed by atoms with van der Waals surface area (Å²) in [4.78, 5) is 0. The highest BCUT2D eigenvalue weighted by molar-refractivity contribution is 5.03. The van der Waals surface area contributed by atoms with Crippen LogP contribution in [0.4, 0.5) is 0 Å². The van der Waals surface area contributed by atoms with Gasteiger partial charge in [-0.2, -0.15) is 5.26 Å². The number of rotatable bonds is 7. The Kier molecular flexibility index (Phi) is 5.79. The Balaban J connectivity index is 2.13. The Bertz CT molecular complexity index is 237. The largest absolute Gasteiger partial charge is 0.385 e. The molecule has 1 fully saturated rings. The molecule has 16 heavy (non-hydrogen) atoms. The van der Waals surface area contributed by atoms with Crippen molar-refractivity contribution in [3.63, 3.8) is 0 Å². The maximum Gasteiger partial charge on any atom is 0.0690 e. The van der Waals surface area contributed by atoms with Crippen molar-refractivity contribution in [1.29, 1.82) is 5.26 Å². The molecule has 0 saturated heterocycles. The van der Waals surface area contributed by atoms with Crippen LogP contribution in [0, 0.1) is 22.7 Å². The number of nitriles is 1. The first kappa shape index (κ1) is 13.5. The molecule has 3 heteroatoms. The summed E-state index contributed by atoms with van der Waals surface area (Å²) in [6.45, 7) is 4.44. The van der Waals surface area contributed by atoms with Gasteiger partial charge in [0.2, 0.25) is 0 Å². The van der Waals surface area contributed by atoms with Crippen molar-refractivity contribution in [1.82, 2.24) is 0 Å². The molecule has 2 unspecified atom stereocenters. The van der Waals surface area contributed by atoms with Gasteiger partial charge >= 0.3 is 0 Å². The van der Waals surface area contributed by atoms with Crippen molar-refractivity contribution < 1.29 is 9.47 Å². The molecule has 0 aromatic heterocycles. The molecule has 0 bridgehead atoms. The topological polar surface area (TPSA) is 42.2 Å². The lowest BCUT2D eigenvalue weighted by molar-refractivity contribution is 0.0863. The average Bonchev–Trinajstić information content (AvgIpc) is 2.66. The summed E-state index contributed by atoms with van der Waals surface area (Å²) in [6, 6.07) is 2.51. The Morgan fingerprint density at radius 2 is 2.19 bits per heavy atom. The molecule has 0 amide bonds. The molecule has 0 spiro atoms. The molecule has 2 atom stereocenters. The molecule has 1 saturated carbocycles. The van der Waals surface area contributed by atoms with Gasteiger partial charge in [0.25, 0.3) is 0 Å². The standard InChI is InChI=1S/C13H23NO2/c1-12-4-5-13(10-12,11-14)6-9-16-8-3-7-15-2/h12H,3-10H2,1-2H3. The van der Waals surface area contributed by atoms with Crippen molar-refractivity contribution in [2.45, 2.75) is 39.0 Å². The second-order valence-corrected chi connectivity index (χ2v) is 4.95. The molecule has 0 heterocycles. The van der Waals surface area contributed by atoms with Gasteiger partial charge in [-0.15, -0.1) is 0 Å². The van der Waals surface area contributed by atoms with Crippen molar-refractivity contribution in [3.05, 3.63) is 0 Å². The fourth-order valence-corrected chi connectivity index (χ4v) is 2.45. The van der Waals surface area contributed by atoms with Crippen LogP contribution in [0.3, 0.4) is 0 Å². The predicted octanol–water partition coefficient (Wildman–Crippen LogP) is 2.76. The lowest BCUT2D eigenvalue weighted by Crippen LogP contribution is -2.17. The molecular formula is C13H23NO2. The van der Waals surface area contributed by atoms with Gasteiger partial charge in [-0.3, -0.25) is 0 Å². The SMILES string of the molecule is COCCCOCCC1(C#N)CCC(C)C1. The molecule has 92 valence electrons. The Morgan fingerprint density at radius 3 is 2.75 bits per heavy atom. The van der Waals surface area contributed by atoms with Gasteiger partial charge in [0.1, 0.15) is 0 Å². The van der Waals surface area contributed by atoms with Crippen molar-refractivity contribution in [2.75, 3.05) is 26.9 Å². The first-order valence-corrected chi connectivity index (χ1v) is 6.20. The smallest absolute Gasteiger partial charge is 0.0690 e. The highest BCUT2D eigenvalue weighted by Crippen LogP contribution is 2.43. The van der Waals surface area contributed by atoms with Crippen molar-refractivity contribution in [3.8, 4) is 6.07 Å². The van der Waals surface area contributed by atoms with Crippen LogP contribution in [0.25, 0.3) is 0 Å². The molecular weight excluding hydrogens is 202 g/mol. The number of nitrogens with zero attached hydrogens (tertiary/aromatic N) is 1. The van der Waals surface area contributed by atoms with Crippen LogP contribution >= 0.6 is 0 Å². The van der Waals surface area contributed by atoms with Gasteiger partial charge in [0.15, 0.2) is 0 Å². The molecule has 0 aromatic rings. The van der Waals surface area contributed by atoms with E-state index in [4.69, 9.17) is 9.47 Å². The highest BCUT2D eigenvalue weighted by Gasteiger charge is 2.37. The minimum Gasteiger partial charge on any atom is -0.385 e. The van der Waals surface area contributed by atoms with Crippen molar-refractivity contribution in [2.24, 2.45) is 11.3 Å². The van der Waals surface area contributed by atoms with E-state index >= 15 is 0 Å². The minimum atomic E-state index is -0.0966. The van der Waals surface area contributed by atoms with E-state index < -0.39 is 0 Å². The maximum absolute atomic E-state index is 9.25. The fraction of sp³-hybridized carbons (Fsp3) is 0.923. The number of hydrogen-bond acceptors (Lipinski definition) is 3. The molecule has 0 radical (unpaired) electrons. The summed E-state index contributed by atoms with van der Waals surface area (Å²) < 4.78 is 10.5. The zero-order valence-electron chi connectivity index (χ0n) is 10.5. The summed E-state index contributed by atoms with van der Waals surface area (Å²) in [5.74, 6) is 0.702. The zero-order valence-corrected chi connectivity index (χ0v) is 10.5. The number of methoxy groups -OCH3 is 1. The van der Waals surface area contributed by atoms with E-state index in [1.807, 2.05) is 0 Å². The van der Waals surface area contributed by atoms with Gasteiger partial charge < -0.3 is 9.47 Å². The third kappa shape index (κ3) is 4.11. The first-order valence-electron chi connectivity index (χ1n) is 6.20. The van der Waals surface area contributed by atoms with E-state index in [1.165, 1.54) is 6.42 Å². The summed E-state index contributed by atoms with van der Waals surface area (Å²) in [7, 11) is 1.70. The van der Waals surface area contributed by atoms with Crippen LogP contribution < -0.4 is 0 Å². The lowest BCUT2D eigenvalue weighted by atomic mass is 9.84. The maximum atomic E-state index is 9.25. The van der Waals surface area contributed by atoms with E-state index in [-0.39, 0.29) is 5.41 Å². The van der Waals surface area contributed by atoms with E-state index in [2.05, 4.69) is 13.0 Å². The van der Waals surface area contributed by atoms with Crippen LogP contribution in [-0.2, 0) is 9.47 Å². The molecule has 0 aromatic carbocycles. The fourth-order valence-electron chi connectivity index (χ4n) is 2.45. The van der Waals surface area contributed by atoms with E-state index in [0.29, 0.717) is 12.5 Å². The normalized spacial score (nSPS) is 29.2. The first-order chi connectivity index (χ1) is 7.72. The van der Waals surface area contributed by atoms with Crippen LogP contribution in [0.2, 0.25) is 0 Å². The number of hydrogen-bond donors (Lipinski definition) is 0. The molecule has 1 rings (SSSR count). The van der Waals surface area contributed by atoms with Crippen LogP contribution in [0.5, 0.6) is 0 Å².